The number of amides is 1. The number of hydrogen-bond acceptors (Lipinski definition) is 6. The van der Waals surface area contributed by atoms with Crippen molar-refractivity contribution in [2.75, 3.05) is 26.2 Å². The third-order valence-corrected chi connectivity index (χ3v) is 3.94. The van der Waals surface area contributed by atoms with Crippen molar-refractivity contribution in [3.63, 3.8) is 0 Å². The first-order valence-electron chi connectivity index (χ1n) is 7.26. The quantitative estimate of drug-likeness (QED) is 0.613. The topological polar surface area (TPSA) is 97.6 Å². The molecule has 23 heavy (non-hydrogen) atoms. The summed E-state index contributed by atoms with van der Waals surface area (Å²) in [5.41, 5.74) is -0.231. The van der Waals surface area contributed by atoms with E-state index >= 15 is 0 Å². The fourth-order valence-electron chi connectivity index (χ4n) is 2.69. The first-order chi connectivity index (χ1) is 11.1. The summed E-state index contributed by atoms with van der Waals surface area (Å²) < 4.78 is 6.58. The Labute approximate surface area is 132 Å². The molecule has 1 fully saturated rings. The van der Waals surface area contributed by atoms with Crippen LogP contribution in [0.25, 0.3) is 0 Å². The van der Waals surface area contributed by atoms with E-state index in [2.05, 4.69) is 10.00 Å². The maximum atomic E-state index is 12.6. The van der Waals surface area contributed by atoms with Gasteiger partial charge < -0.3 is 9.32 Å². The number of aryl methyl sites for hydroxylation is 1. The summed E-state index contributed by atoms with van der Waals surface area (Å²) in [6, 6.07) is 3.76. The second-order valence-electron chi connectivity index (χ2n) is 5.41. The molecule has 0 saturated carbocycles. The molecule has 0 aliphatic carbocycles. The third kappa shape index (κ3) is 3.09. The number of hydrogen-bond donors (Lipinski definition) is 0. The van der Waals surface area contributed by atoms with Crippen molar-refractivity contribution in [3.8, 4) is 0 Å². The Morgan fingerprint density at radius 2 is 2.13 bits per heavy atom. The van der Waals surface area contributed by atoms with Gasteiger partial charge in [-0.15, -0.1) is 0 Å². The lowest BCUT2D eigenvalue weighted by Gasteiger charge is -2.34. The third-order valence-electron chi connectivity index (χ3n) is 3.94. The van der Waals surface area contributed by atoms with Gasteiger partial charge in [0.05, 0.1) is 17.7 Å². The lowest BCUT2D eigenvalue weighted by atomic mass is 10.2. The van der Waals surface area contributed by atoms with Gasteiger partial charge in [-0.05, 0) is 12.1 Å². The number of aromatic nitrogens is 2. The number of nitro groups is 1. The van der Waals surface area contributed by atoms with Crippen molar-refractivity contribution in [1.29, 1.82) is 0 Å². The minimum Gasteiger partial charge on any atom is -0.468 e. The molecule has 0 spiro atoms. The van der Waals surface area contributed by atoms with Crippen LogP contribution in [0, 0.1) is 10.1 Å². The van der Waals surface area contributed by atoms with Gasteiger partial charge in [0, 0.05) is 33.2 Å². The average Bonchev–Trinajstić information content (AvgIpc) is 3.17. The van der Waals surface area contributed by atoms with Crippen molar-refractivity contribution in [2.24, 2.45) is 7.05 Å². The van der Waals surface area contributed by atoms with Crippen LogP contribution in [0.5, 0.6) is 0 Å². The highest BCUT2D eigenvalue weighted by Crippen LogP contribution is 2.20. The zero-order valence-electron chi connectivity index (χ0n) is 12.7. The Morgan fingerprint density at radius 3 is 2.74 bits per heavy atom. The van der Waals surface area contributed by atoms with Crippen molar-refractivity contribution in [1.82, 2.24) is 19.6 Å². The Hall–Kier alpha value is -2.68. The summed E-state index contributed by atoms with van der Waals surface area (Å²) in [6.07, 6.45) is 2.75. The van der Waals surface area contributed by atoms with Crippen LogP contribution in [-0.4, -0.2) is 56.6 Å². The monoisotopic (exact) mass is 319 g/mol. The van der Waals surface area contributed by atoms with Crippen LogP contribution < -0.4 is 0 Å². The van der Waals surface area contributed by atoms with Crippen molar-refractivity contribution >= 4 is 11.6 Å². The normalized spacial score (nSPS) is 15.8. The number of carbonyl (C=O) groups excluding carboxylic acids is 1. The molecule has 0 atom stereocenters. The van der Waals surface area contributed by atoms with E-state index in [1.54, 1.807) is 11.2 Å². The molecule has 0 unspecified atom stereocenters. The van der Waals surface area contributed by atoms with Crippen LogP contribution in [0.2, 0.25) is 0 Å². The number of furan rings is 1. The molecular formula is C14H17N5O4. The highest BCUT2D eigenvalue weighted by atomic mass is 16.6. The number of piperazine rings is 1. The van der Waals surface area contributed by atoms with Gasteiger partial charge in [-0.1, -0.05) is 0 Å². The van der Waals surface area contributed by atoms with E-state index in [0.29, 0.717) is 32.7 Å². The number of carbonyl (C=O) groups is 1. The van der Waals surface area contributed by atoms with Crippen LogP contribution in [0.3, 0.4) is 0 Å². The van der Waals surface area contributed by atoms with Crippen molar-refractivity contribution in [2.45, 2.75) is 6.54 Å². The Kier molecular flexibility index (Phi) is 4.11. The minimum atomic E-state index is -0.576. The molecular weight excluding hydrogens is 302 g/mol. The van der Waals surface area contributed by atoms with Gasteiger partial charge in [-0.3, -0.25) is 24.5 Å². The molecule has 1 saturated heterocycles. The van der Waals surface area contributed by atoms with E-state index in [4.69, 9.17) is 4.42 Å². The number of rotatable bonds is 4. The molecule has 0 aromatic carbocycles. The summed E-state index contributed by atoms with van der Waals surface area (Å²) in [5, 5.41) is 14.8. The highest BCUT2D eigenvalue weighted by molar-refractivity contribution is 5.96. The molecule has 3 heterocycles. The zero-order chi connectivity index (χ0) is 16.4. The fraction of sp³-hybridized carbons (Fsp3) is 0.429. The van der Waals surface area contributed by atoms with E-state index in [9.17, 15) is 14.9 Å². The first-order valence-corrected chi connectivity index (χ1v) is 7.26. The van der Waals surface area contributed by atoms with Gasteiger partial charge in [0.1, 0.15) is 12.0 Å². The van der Waals surface area contributed by atoms with Crippen LogP contribution in [0.4, 0.5) is 5.69 Å². The maximum absolute atomic E-state index is 12.6. The van der Waals surface area contributed by atoms with Gasteiger partial charge in [-0.25, -0.2) is 0 Å². The molecule has 2 aromatic rings. The smallest absolute Gasteiger partial charge is 0.320 e. The van der Waals surface area contributed by atoms with Crippen LogP contribution >= 0.6 is 0 Å². The molecule has 1 aliphatic heterocycles. The molecule has 0 radical (unpaired) electrons. The average molecular weight is 319 g/mol. The van der Waals surface area contributed by atoms with Crippen LogP contribution in [-0.2, 0) is 13.6 Å². The van der Waals surface area contributed by atoms with Gasteiger partial charge in [0.2, 0.25) is 5.69 Å². The van der Waals surface area contributed by atoms with Gasteiger partial charge >= 0.3 is 5.69 Å². The summed E-state index contributed by atoms with van der Waals surface area (Å²) in [5.74, 6) is 0.529. The molecule has 122 valence electrons. The lowest BCUT2D eigenvalue weighted by Crippen LogP contribution is -2.48. The van der Waals surface area contributed by atoms with E-state index in [1.807, 2.05) is 12.1 Å². The van der Waals surface area contributed by atoms with Crippen LogP contribution in [0.15, 0.2) is 29.0 Å². The standard InChI is InChI=1S/C14H17N5O4/c1-16-13(12(9-15-16)19(21)22)14(20)18-6-4-17(5-7-18)10-11-3-2-8-23-11/h2-3,8-9H,4-7,10H2,1H3. The van der Waals surface area contributed by atoms with Crippen molar-refractivity contribution in [3.05, 3.63) is 46.2 Å². The fourth-order valence-corrected chi connectivity index (χ4v) is 2.69. The SMILES string of the molecule is Cn1ncc([N+](=O)[O-])c1C(=O)N1CCN(Cc2ccco2)CC1. The molecule has 3 rings (SSSR count). The predicted octanol–water partition coefficient (Wildman–Crippen LogP) is 0.879. The lowest BCUT2D eigenvalue weighted by molar-refractivity contribution is -0.385. The Balaban J connectivity index is 1.64. The Morgan fingerprint density at radius 1 is 1.39 bits per heavy atom. The van der Waals surface area contributed by atoms with E-state index in [-0.39, 0.29) is 17.3 Å². The van der Waals surface area contributed by atoms with E-state index in [1.165, 1.54) is 11.7 Å². The largest absolute Gasteiger partial charge is 0.468 e. The summed E-state index contributed by atoms with van der Waals surface area (Å²) >= 11 is 0. The molecule has 9 heteroatoms. The van der Waals surface area contributed by atoms with E-state index < -0.39 is 4.92 Å². The van der Waals surface area contributed by atoms with Gasteiger partial charge in [0.15, 0.2) is 0 Å². The van der Waals surface area contributed by atoms with E-state index in [0.717, 1.165) is 12.0 Å². The first kappa shape index (κ1) is 15.2. The zero-order valence-corrected chi connectivity index (χ0v) is 12.7. The van der Waals surface area contributed by atoms with Crippen molar-refractivity contribution < 1.29 is 14.1 Å². The van der Waals surface area contributed by atoms with Gasteiger partial charge in [0.25, 0.3) is 5.91 Å². The molecule has 9 nitrogen and oxygen atoms in total. The molecule has 0 N–H and O–H groups in total. The summed E-state index contributed by atoms with van der Waals surface area (Å²) in [4.78, 5) is 26.8. The highest BCUT2D eigenvalue weighted by Gasteiger charge is 2.31. The Bertz CT molecular complexity index is 701. The second kappa shape index (κ2) is 6.21. The van der Waals surface area contributed by atoms with Gasteiger partial charge in [-0.2, -0.15) is 5.10 Å². The molecule has 0 bridgehead atoms. The van der Waals surface area contributed by atoms with Crippen LogP contribution in [0.1, 0.15) is 16.2 Å². The predicted molar refractivity (Wildman–Crippen MR) is 79.8 cm³/mol. The molecule has 2 aromatic heterocycles. The maximum Gasteiger partial charge on any atom is 0.320 e. The summed E-state index contributed by atoms with van der Waals surface area (Å²) in [6.45, 7) is 3.11. The minimum absolute atomic E-state index is 0.0227. The molecule has 1 amide bonds. The second-order valence-corrected chi connectivity index (χ2v) is 5.41. The number of nitrogens with zero attached hydrogens (tertiary/aromatic N) is 5. The summed E-state index contributed by atoms with van der Waals surface area (Å²) in [7, 11) is 1.54. The molecule has 1 aliphatic rings.